The lowest BCUT2D eigenvalue weighted by Crippen LogP contribution is -2.48. The van der Waals surface area contributed by atoms with Crippen LogP contribution in [0.15, 0.2) is 77.9 Å². The molecule has 1 fully saturated rings. The summed E-state index contributed by atoms with van der Waals surface area (Å²) in [6.45, 7) is 1.26. The predicted molar refractivity (Wildman–Crippen MR) is 135 cm³/mol. The minimum atomic E-state index is -1.81. The molecule has 2 aromatic heterocycles. The third-order valence-corrected chi connectivity index (χ3v) is 8.68. The van der Waals surface area contributed by atoms with Gasteiger partial charge in [-0.25, -0.2) is 13.5 Å². The van der Waals surface area contributed by atoms with Crippen LogP contribution in [-0.2, 0) is 35.1 Å². The lowest BCUT2D eigenvalue weighted by atomic mass is 9.66. The van der Waals surface area contributed by atoms with Crippen molar-refractivity contribution in [3.63, 3.8) is 0 Å². The third kappa shape index (κ3) is 4.12. The molecule has 0 spiro atoms. The Labute approximate surface area is 210 Å². The van der Waals surface area contributed by atoms with Crippen LogP contribution in [0.3, 0.4) is 0 Å². The second kappa shape index (κ2) is 8.90. The van der Waals surface area contributed by atoms with E-state index in [1.165, 1.54) is 29.8 Å². The molecule has 9 heteroatoms. The van der Waals surface area contributed by atoms with Gasteiger partial charge in [0, 0.05) is 19.0 Å². The maximum atomic E-state index is 13.6. The van der Waals surface area contributed by atoms with E-state index >= 15 is 0 Å². The van der Waals surface area contributed by atoms with Crippen LogP contribution < -0.4 is 0 Å². The number of aromatic nitrogens is 4. The fraction of sp³-hybridized carbons (Fsp3) is 0.259. The molecule has 3 heterocycles. The topological polar surface area (TPSA) is 56.0 Å². The molecule has 6 nitrogen and oxygen atoms in total. The van der Waals surface area contributed by atoms with Crippen molar-refractivity contribution >= 4 is 17.1 Å². The van der Waals surface area contributed by atoms with Gasteiger partial charge in [-0.05, 0) is 72.9 Å². The minimum absolute atomic E-state index is 0.262. The molecule has 6 rings (SSSR count). The van der Waals surface area contributed by atoms with E-state index in [0.29, 0.717) is 31.0 Å². The molecule has 4 aromatic rings. The first kappa shape index (κ1) is 23.0. The molecule has 2 atom stereocenters. The van der Waals surface area contributed by atoms with E-state index in [9.17, 15) is 13.0 Å². The minimum Gasteiger partial charge on any atom is -0.336 e. The van der Waals surface area contributed by atoms with Gasteiger partial charge in [-0.15, -0.1) is 4.31 Å². The quantitative estimate of drug-likeness (QED) is 0.297. The van der Waals surface area contributed by atoms with Crippen LogP contribution in [0.4, 0.5) is 8.78 Å². The maximum Gasteiger partial charge on any atom is 0.284 e. The van der Waals surface area contributed by atoms with Crippen molar-refractivity contribution in [3.05, 3.63) is 101 Å². The Kier molecular flexibility index (Phi) is 5.69. The average Bonchev–Trinajstić information content (AvgIpc) is 3.49. The number of fused-ring (bicyclic) bond motifs is 2. The third-order valence-electron chi connectivity index (χ3n) is 7.20. The SMILES string of the molecule is Cn1cnc([SH+](=O)N2CCC3=Cc4c(cnn4-c4ccc(F)cc4)CC3(Cc3ccc(F)cc3)C2)c1. The number of thiol groups is 1. The molecule has 0 bridgehead atoms. The van der Waals surface area contributed by atoms with Gasteiger partial charge in [-0.1, -0.05) is 21.9 Å². The van der Waals surface area contributed by atoms with Crippen LogP contribution in [0.25, 0.3) is 11.8 Å². The fourth-order valence-corrected chi connectivity index (χ4v) is 6.86. The Morgan fingerprint density at radius 3 is 2.47 bits per heavy atom. The Morgan fingerprint density at radius 1 is 1.06 bits per heavy atom. The number of hydrogen-bond acceptors (Lipinski definition) is 3. The Morgan fingerprint density at radius 2 is 1.78 bits per heavy atom. The van der Waals surface area contributed by atoms with E-state index in [2.05, 4.69) is 16.2 Å². The van der Waals surface area contributed by atoms with Gasteiger partial charge >= 0.3 is 0 Å². The second-order valence-electron chi connectivity index (χ2n) is 9.68. The van der Waals surface area contributed by atoms with Gasteiger partial charge in [-0.3, -0.25) is 0 Å². The number of piperidine rings is 1. The van der Waals surface area contributed by atoms with Crippen molar-refractivity contribution < 1.29 is 13.0 Å². The van der Waals surface area contributed by atoms with Gasteiger partial charge in [0.05, 0.1) is 36.6 Å². The molecule has 1 aliphatic carbocycles. The molecule has 184 valence electrons. The van der Waals surface area contributed by atoms with Crippen molar-refractivity contribution in [2.75, 3.05) is 13.1 Å². The van der Waals surface area contributed by atoms with E-state index in [4.69, 9.17) is 0 Å². The second-order valence-corrected chi connectivity index (χ2v) is 11.3. The van der Waals surface area contributed by atoms with Crippen molar-refractivity contribution in [2.45, 2.75) is 24.3 Å². The van der Waals surface area contributed by atoms with E-state index in [1.54, 1.807) is 18.5 Å². The van der Waals surface area contributed by atoms with Crippen molar-refractivity contribution in [1.82, 2.24) is 23.6 Å². The number of halogens is 2. The summed E-state index contributed by atoms with van der Waals surface area (Å²) in [5.74, 6) is -0.548. The van der Waals surface area contributed by atoms with Gasteiger partial charge in [-0.2, -0.15) is 10.1 Å². The zero-order chi connectivity index (χ0) is 24.9. The zero-order valence-electron chi connectivity index (χ0n) is 19.8. The van der Waals surface area contributed by atoms with Gasteiger partial charge in [0.15, 0.2) is 11.0 Å². The van der Waals surface area contributed by atoms with E-state index in [0.717, 1.165) is 28.9 Å². The number of hydrogen-bond donors (Lipinski definition) is 0. The number of rotatable bonds is 5. The Bertz CT molecular complexity index is 1470. The highest BCUT2D eigenvalue weighted by Crippen LogP contribution is 2.47. The van der Waals surface area contributed by atoms with E-state index in [-0.39, 0.29) is 17.0 Å². The summed E-state index contributed by atoms with van der Waals surface area (Å²) < 4.78 is 46.3. The maximum absolute atomic E-state index is 13.6. The summed E-state index contributed by atoms with van der Waals surface area (Å²) in [7, 11) is 0.0588. The molecule has 0 radical (unpaired) electrons. The molecule has 36 heavy (non-hydrogen) atoms. The van der Waals surface area contributed by atoms with Crippen molar-refractivity contribution in [2.24, 2.45) is 12.5 Å². The Hall–Kier alpha value is -3.43. The molecule has 1 aliphatic heterocycles. The smallest absolute Gasteiger partial charge is 0.284 e. The van der Waals surface area contributed by atoms with Gasteiger partial charge in [0.25, 0.3) is 5.03 Å². The number of aryl methyl sites for hydroxylation is 1. The zero-order valence-corrected chi connectivity index (χ0v) is 20.7. The van der Waals surface area contributed by atoms with Crippen LogP contribution in [0.2, 0.25) is 0 Å². The normalized spacial score (nSPS) is 20.5. The number of nitrogens with zero attached hydrogens (tertiary/aromatic N) is 5. The first-order valence-electron chi connectivity index (χ1n) is 11.9. The molecule has 0 amide bonds. The highest BCUT2D eigenvalue weighted by molar-refractivity contribution is 7.82. The summed E-state index contributed by atoms with van der Waals surface area (Å²) in [5, 5.41) is 5.21. The van der Waals surface area contributed by atoms with Crippen LogP contribution in [0.1, 0.15) is 23.2 Å². The fourth-order valence-electron chi connectivity index (χ4n) is 5.46. The summed E-state index contributed by atoms with van der Waals surface area (Å²) in [4.78, 5) is 4.33. The van der Waals surface area contributed by atoms with Crippen molar-refractivity contribution in [3.8, 4) is 5.69 Å². The number of benzene rings is 2. The molecular formula is C27H26F2N5OS+. The highest BCUT2D eigenvalue weighted by atomic mass is 32.2. The molecular weight excluding hydrogens is 480 g/mol. The molecule has 2 aromatic carbocycles. The van der Waals surface area contributed by atoms with E-state index in [1.807, 2.05) is 45.1 Å². The highest BCUT2D eigenvalue weighted by Gasteiger charge is 2.46. The lowest BCUT2D eigenvalue weighted by Gasteiger charge is -2.44. The molecule has 0 saturated carbocycles. The number of imidazole rings is 1. The van der Waals surface area contributed by atoms with Crippen LogP contribution >= 0.6 is 0 Å². The first-order valence-corrected chi connectivity index (χ1v) is 13.1. The molecule has 2 unspecified atom stereocenters. The van der Waals surface area contributed by atoms with Crippen LogP contribution in [0.5, 0.6) is 0 Å². The Balaban J connectivity index is 1.39. The average molecular weight is 507 g/mol. The summed E-state index contributed by atoms with van der Waals surface area (Å²) in [6, 6.07) is 13.0. The lowest BCUT2D eigenvalue weighted by molar-refractivity contribution is 0.214. The summed E-state index contributed by atoms with van der Waals surface area (Å²) in [5.41, 5.74) is 4.88. The van der Waals surface area contributed by atoms with Gasteiger partial charge in [0.2, 0.25) is 0 Å². The predicted octanol–water partition coefficient (Wildman–Crippen LogP) is 4.43. The largest absolute Gasteiger partial charge is 0.336 e. The standard InChI is InChI=1S/C27H25F2N5OS/c1-32-16-26(30-18-32)36(35)33-11-10-21-12-25-20(15-31-34(25)24-8-6-23(29)7-9-24)14-27(21,17-33)13-19-2-4-22(28)5-3-19/h2-9,12,15-16,18H,10-11,13-14,17H2,1H3/p+1. The summed E-state index contributed by atoms with van der Waals surface area (Å²) >= 11 is 0. The molecule has 2 aliphatic rings. The monoisotopic (exact) mass is 506 g/mol. The van der Waals surface area contributed by atoms with Gasteiger partial charge in [0.1, 0.15) is 11.6 Å². The van der Waals surface area contributed by atoms with Crippen LogP contribution in [-0.4, -0.2) is 36.7 Å². The summed E-state index contributed by atoms with van der Waals surface area (Å²) in [6.07, 6.45) is 9.71. The first-order chi connectivity index (χ1) is 17.4. The molecule has 0 N–H and O–H groups in total. The van der Waals surface area contributed by atoms with Gasteiger partial charge < -0.3 is 4.57 Å². The van der Waals surface area contributed by atoms with Crippen LogP contribution in [0, 0.1) is 17.0 Å². The molecule has 1 saturated heterocycles. The van der Waals surface area contributed by atoms with Crippen molar-refractivity contribution in [1.29, 1.82) is 0 Å². The van der Waals surface area contributed by atoms with E-state index < -0.39 is 11.0 Å².